The van der Waals surface area contributed by atoms with E-state index in [1.165, 1.54) is 78.3 Å². The van der Waals surface area contributed by atoms with E-state index in [2.05, 4.69) is 122 Å². The van der Waals surface area contributed by atoms with Crippen LogP contribution in [0.15, 0.2) is 166 Å². The number of ether oxygens (including phenoxy) is 5. The van der Waals surface area contributed by atoms with E-state index in [-0.39, 0.29) is 80.6 Å². The molecule has 1 saturated heterocycles. The van der Waals surface area contributed by atoms with Crippen LogP contribution >= 0.6 is 34.8 Å². The van der Waals surface area contributed by atoms with Crippen LogP contribution in [0.1, 0.15) is 54.2 Å². The van der Waals surface area contributed by atoms with Crippen LogP contribution in [0.5, 0.6) is 28.7 Å². The maximum atomic E-state index is 12.9. The number of hydrogen-bond acceptors (Lipinski definition) is 31. The fourth-order valence-corrected chi connectivity index (χ4v) is 11.5. The fourth-order valence-electron chi connectivity index (χ4n) is 10.8. The summed E-state index contributed by atoms with van der Waals surface area (Å²) in [5.74, 6) is 3.90. The molecule has 0 unspecified atom stereocenters. The molecule has 0 spiro atoms. The Labute approximate surface area is 697 Å². The predicted molar refractivity (Wildman–Crippen MR) is 440 cm³/mol. The van der Waals surface area contributed by atoms with Gasteiger partial charge in [-0.25, -0.2) is 54.6 Å². The Morgan fingerprint density at radius 2 is 0.932 bits per heavy atom. The number of urea groups is 1. The third-order valence-electron chi connectivity index (χ3n) is 16.3. The number of aromatic amines is 1. The molecule has 15 rings (SSSR count). The topological polar surface area (TPSA) is 482 Å². The summed E-state index contributed by atoms with van der Waals surface area (Å²) in [7, 11) is 13.9. The lowest BCUT2D eigenvalue weighted by molar-refractivity contribution is 0.0950. The van der Waals surface area contributed by atoms with Crippen molar-refractivity contribution in [1.29, 1.82) is 5.41 Å². The zero-order valence-electron chi connectivity index (χ0n) is 70.7. The summed E-state index contributed by atoms with van der Waals surface area (Å²) in [6, 6.07) is 30.7. The van der Waals surface area contributed by atoms with Gasteiger partial charge in [-0.1, -0.05) is 95.5 Å². The molecule has 0 atom stereocenters. The van der Waals surface area contributed by atoms with Crippen molar-refractivity contribution >= 4 is 93.0 Å². The van der Waals surface area contributed by atoms with E-state index in [1.807, 2.05) is 74.5 Å². The van der Waals surface area contributed by atoms with Gasteiger partial charge in [0, 0.05) is 113 Å². The number of carbonyl (C=O) groups is 3. The molecule has 0 saturated carbocycles. The van der Waals surface area contributed by atoms with Gasteiger partial charge in [0.2, 0.25) is 0 Å². The molecule has 8 N–H and O–H groups in total. The molecule has 40 nitrogen and oxygen atoms in total. The minimum Gasteiger partial charge on any atom is -0.493 e. The Morgan fingerprint density at radius 3 is 1.36 bits per heavy atom. The van der Waals surface area contributed by atoms with E-state index in [0.29, 0.717) is 80.8 Å². The Kier molecular flexibility index (Phi) is 26.7. The van der Waals surface area contributed by atoms with Crippen molar-refractivity contribution in [3.05, 3.63) is 204 Å². The SMILES string of the molecule is COc1c(-c2ncn(C)n2)ccnc1Cl.COc1c(-c2ncn(C)n2)ccnc1N.COc1c(-c2ncn[nH]2)ccnc1Cl.N=C(c1ccccc1)c1ccccc1.[2H]C([2H])([2H])n1cnc(-c2ccnc(Nc3cc(Cl)nnc3C(=O)NC)c2OC)n1.[2H]C([2H])([2H])n1cnc(-c2ccnc(Nc3cc(N4CCN(C(C)C)C4=O)nnc3C(=O)NC)c2OC)n1. The van der Waals surface area contributed by atoms with E-state index < -0.39 is 25.8 Å². The average molecular weight is 1670 g/mol. The molecule has 0 radical (unpaired) electrons. The van der Waals surface area contributed by atoms with Gasteiger partial charge in [0.05, 0.1) is 80.5 Å². The second-order valence-corrected chi connectivity index (χ2v) is 25.2. The number of anilines is 6. The van der Waals surface area contributed by atoms with Gasteiger partial charge in [0.15, 0.2) is 108 Å². The van der Waals surface area contributed by atoms with E-state index in [4.69, 9.17) is 77.9 Å². The maximum absolute atomic E-state index is 12.9. The fraction of sp³-hybridized carbons (Fsp3) is 0.213. The van der Waals surface area contributed by atoms with Gasteiger partial charge in [-0.2, -0.15) is 25.5 Å². The molecule has 43 heteroatoms. The number of halogens is 3. The maximum Gasteiger partial charge on any atom is 0.326 e. The highest BCUT2D eigenvalue weighted by atomic mass is 35.5. The van der Waals surface area contributed by atoms with Crippen LogP contribution in [0.4, 0.5) is 39.4 Å². The zero-order valence-corrected chi connectivity index (χ0v) is 67.0. The molecule has 608 valence electrons. The largest absolute Gasteiger partial charge is 0.493 e. The highest BCUT2D eigenvalue weighted by Gasteiger charge is 2.34. The molecule has 1 aliphatic heterocycles. The van der Waals surface area contributed by atoms with Crippen molar-refractivity contribution in [2.75, 3.05) is 84.0 Å². The lowest BCUT2D eigenvalue weighted by Crippen LogP contribution is -2.36. The number of H-pyrrole nitrogens is 1. The third-order valence-corrected chi connectivity index (χ3v) is 17.0. The lowest BCUT2D eigenvalue weighted by Gasteiger charge is -2.21. The van der Waals surface area contributed by atoms with Crippen LogP contribution in [0.3, 0.4) is 0 Å². The minimum atomic E-state index is -2.49. The van der Waals surface area contributed by atoms with Crippen LogP contribution in [0.25, 0.3) is 56.9 Å². The number of hydrogen-bond donors (Lipinski definition) is 7. The molecule has 0 aliphatic carbocycles. The normalized spacial score (nSPS) is 12.1. The highest BCUT2D eigenvalue weighted by Crippen LogP contribution is 2.39. The molecule has 118 heavy (non-hydrogen) atoms. The first-order valence-electron chi connectivity index (χ1n) is 37.7. The van der Waals surface area contributed by atoms with Crippen LogP contribution in [0.2, 0.25) is 15.5 Å². The van der Waals surface area contributed by atoms with Crippen molar-refractivity contribution in [3.63, 3.8) is 0 Å². The highest BCUT2D eigenvalue weighted by molar-refractivity contribution is 6.31. The molecule has 13 heterocycles. The number of methoxy groups -OCH3 is 5. The van der Waals surface area contributed by atoms with E-state index in [9.17, 15) is 14.4 Å². The standard InChI is InChI=1S/C21H26N10O3.C15H15ClN8O2.C13H11N.C9H9ClN4O.C9H11N5O.C8H7ClN4O/c1-12(2)30-8-9-31(21(30)33)15-10-14(16(27-26-15)20(32)22-3)25-19-17(34-5)13(6-7-23-19)18-24-11-29(4)28-18;1-17-15(25)11-9(6-10(16)21-22-11)20-14-12(26-3)8(4-5-18-14)13-19-7-24(2)23-13;14-13(11-7-3-1-4-8-11)12-9-5-2-6-10-12;2*1-14-5-12-9(13-14)6-3-4-11-8(10)7(6)15-2;1-14-6-5(2-3-10-7(6)9)8-11-4-12-13-8/h6-7,10-12H,8-9H2,1-5H3,(H,22,32)(H,23,25,26);4-7H,1-3H3,(H,17,25)(H,18,20,21);1-10,14H;3-5H,1-2H3;3-5H,1-2H3,(H2,10,11);2-4H,1H3,(H,11,12,13)/i4D3;2D3;;;;. The molecule has 1 fully saturated rings. The van der Waals surface area contributed by atoms with Crippen LogP contribution in [0, 0.1) is 5.41 Å². The lowest BCUT2D eigenvalue weighted by atomic mass is 10.0. The second kappa shape index (κ2) is 40.8. The van der Waals surface area contributed by atoms with E-state index in [0.717, 1.165) is 49.8 Å². The monoisotopic (exact) mass is 1670 g/mol. The summed E-state index contributed by atoms with van der Waals surface area (Å²) in [6.07, 6.45) is 14.5. The number of nitrogens with one attached hydrogen (secondary N) is 6. The summed E-state index contributed by atoms with van der Waals surface area (Å²) in [5, 5.41) is 58.1. The molecular formula is C75H79Cl3N32O8. The number of pyridine rings is 5. The summed E-state index contributed by atoms with van der Waals surface area (Å²) in [4.78, 5) is 81.3. The zero-order chi connectivity index (χ0) is 89.5. The van der Waals surface area contributed by atoms with Crippen molar-refractivity contribution in [1.82, 2.24) is 135 Å². The first-order valence-corrected chi connectivity index (χ1v) is 35.9. The number of nitrogen functional groups attached to an aromatic ring is 1. The molecule has 12 aromatic heterocycles. The van der Waals surface area contributed by atoms with Crippen molar-refractivity contribution < 1.29 is 46.3 Å². The smallest absolute Gasteiger partial charge is 0.326 e. The molecule has 0 bridgehead atoms. The molecule has 4 amide bonds. The summed E-state index contributed by atoms with van der Waals surface area (Å²) < 4.78 is 76.0. The van der Waals surface area contributed by atoms with Crippen LogP contribution in [-0.2, 0) is 28.0 Å². The Bertz CT molecular complexity index is 5860. The molecule has 2 aromatic carbocycles. The summed E-state index contributed by atoms with van der Waals surface area (Å²) in [5.41, 5.74) is 11.6. The Balaban J connectivity index is 0.000000164. The van der Waals surface area contributed by atoms with Gasteiger partial charge in [-0.05, 0) is 55.3 Å². The summed E-state index contributed by atoms with van der Waals surface area (Å²) in [6.45, 7) is -0.156. The average Bonchev–Trinajstić information content (AvgIpc) is 1.48. The third kappa shape index (κ3) is 21.1. The van der Waals surface area contributed by atoms with Gasteiger partial charge >= 0.3 is 6.03 Å². The number of nitrogens with two attached hydrogens (primary N) is 1. The number of aryl methyl sites for hydroxylation is 4. The van der Waals surface area contributed by atoms with Gasteiger partial charge in [-0.3, -0.25) is 43.7 Å². The first kappa shape index (κ1) is 77.2. The van der Waals surface area contributed by atoms with E-state index in [1.54, 1.807) is 97.0 Å². The number of nitrogens with zero attached hydrogens (tertiary/aromatic N) is 25. The van der Waals surface area contributed by atoms with Crippen molar-refractivity contribution in [2.45, 2.75) is 19.9 Å². The first-order chi connectivity index (χ1) is 59.4. The van der Waals surface area contributed by atoms with Crippen LogP contribution in [-0.4, -0.2) is 217 Å². The van der Waals surface area contributed by atoms with Crippen LogP contribution < -0.4 is 55.6 Å². The number of aromatic nitrogens is 24. The number of benzene rings is 2. The molecule has 1 aliphatic rings. The van der Waals surface area contributed by atoms with E-state index >= 15 is 0 Å². The summed E-state index contributed by atoms with van der Waals surface area (Å²) >= 11 is 17.6. The van der Waals surface area contributed by atoms with Crippen molar-refractivity contribution in [2.24, 2.45) is 28.0 Å². The Morgan fingerprint density at radius 1 is 0.517 bits per heavy atom. The van der Waals surface area contributed by atoms with Gasteiger partial charge in [0.25, 0.3) is 11.8 Å². The van der Waals surface area contributed by atoms with Gasteiger partial charge < -0.3 is 55.6 Å². The quantitative estimate of drug-likeness (QED) is 0.0276. The molecular weight excluding hydrogens is 1580 g/mol. The predicted octanol–water partition coefficient (Wildman–Crippen LogP) is 9.50. The number of amides is 4. The second-order valence-electron chi connectivity index (χ2n) is 24.1. The number of carbonyl (C=O) groups excluding carboxylic acids is 3. The van der Waals surface area contributed by atoms with Crippen molar-refractivity contribution in [3.8, 4) is 85.7 Å². The minimum absolute atomic E-state index is 0.00374. The van der Waals surface area contributed by atoms with Gasteiger partial charge in [0.1, 0.15) is 31.6 Å². The molecule has 14 aromatic rings. The number of rotatable bonds is 20. The van der Waals surface area contributed by atoms with Gasteiger partial charge in [-0.15, -0.1) is 20.4 Å². The Hall–Kier alpha value is -14.8.